The number of carboxylic acids is 1. The molecule has 1 aliphatic rings. The van der Waals surface area contributed by atoms with Crippen molar-refractivity contribution in [3.8, 4) is 11.5 Å². The zero-order chi connectivity index (χ0) is 19.2. The van der Waals surface area contributed by atoms with Gasteiger partial charge in [-0.15, -0.1) is 0 Å². The lowest BCUT2D eigenvalue weighted by Gasteiger charge is -2.18. The Morgan fingerprint density at radius 1 is 1.07 bits per heavy atom. The van der Waals surface area contributed by atoms with Crippen LogP contribution >= 0.6 is 0 Å². The second-order valence-electron chi connectivity index (χ2n) is 6.55. The molecular weight excluding hydrogens is 346 g/mol. The summed E-state index contributed by atoms with van der Waals surface area (Å²) in [5, 5.41) is 12.1. The second-order valence-corrected chi connectivity index (χ2v) is 6.55. The monoisotopic (exact) mass is 369 g/mol. The van der Waals surface area contributed by atoms with E-state index in [1.54, 1.807) is 55.6 Å². The van der Waals surface area contributed by atoms with Crippen molar-refractivity contribution in [3.05, 3.63) is 59.7 Å². The number of rotatable bonds is 7. The summed E-state index contributed by atoms with van der Waals surface area (Å²) in [6, 6.07) is 12.3. The number of benzene rings is 2. The summed E-state index contributed by atoms with van der Waals surface area (Å²) in [5.41, 5.74) is 0.834. The summed E-state index contributed by atoms with van der Waals surface area (Å²) in [5.74, 6) is -0.546. The molecule has 1 amide bonds. The Morgan fingerprint density at radius 2 is 1.78 bits per heavy atom. The number of nitrogens with one attached hydrogen (secondary N) is 1. The third-order valence-electron chi connectivity index (χ3n) is 4.68. The van der Waals surface area contributed by atoms with Gasteiger partial charge in [-0.05, 0) is 49.4 Å². The predicted octanol–water partition coefficient (Wildman–Crippen LogP) is 3.57. The van der Waals surface area contributed by atoms with Gasteiger partial charge in [0.05, 0.1) is 13.2 Å². The number of carbonyl (C=O) groups is 2. The van der Waals surface area contributed by atoms with E-state index < -0.39 is 17.9 Å². The molecule has 6 heteroatoms. The molecule has 3 rings (SSSR count). The van der Waals surface area contributed by atoms with Crippen molar-refractivity contribution < 1.29 is 24.2 Å². The molecule has 1 saturated carbocycles. The Balaban J connectivity index is 1.79. The molecule has 0 radical (unpaired) electrons. The van der Waals surface area contributed by atoms with Crippen LogP contribution in [0.4, 0.5) is 0 Å². The van der Waals surface area contributed by atoms with Gasteiger partial charge in [-0.25, -0.2) is 4.79 Å². The Kier molecular flexibility index (Phi) is 5.96. The van der Waals surface area contributed by atoms with Crippen molar-refractivity contribution in [2.45, 2.75) is 37.8 Å². The third-order valence-corrected chi connectivity index (χ3v) is 4.68. The minimum Gasteiger partial charge on any atom is -0.493 e. The molecule has 2 aromatic carbocycles. The van der Waals surface area contributed by atoms with E-state index in [1.807, 2.05) is 0 Å². The quantitative estimate of drug-likeness (QED) is 0.779. The van der Waals surface area contributed by atoms with Gasteiger partial charge < -0.3 is 19.9 Å². The molecule has 0 aliphatic heterocycles. The number of aliphatic carboxylic acids is 1. The average molecular weight is 369 g/mol. The molecule has 0 bridgehead atoms. The molecule has 0 aromatic heterocycles. The van der Waals surface area contributed by atoms with Crippen LogP contribution in [-0.2, 0) is 4.79 Å². The lowest BCUT2D eigenvalue weighted by molar-refractivity contribution is -0.139. The van der Waals surface area contributed by atoms with E-state index in [-0.39, 0.29) is 6.10 Å². The van der Waals surface area contributed by atoms with Gasteiger partial charge in [-0.2, -0.15) is 0 Å². The Labute approximate surface area is 158 Å². The summed E-state index contributed by atoms with van der Waals surface area (Å²) in [6.45, 7) is 0. The highest BCUT2D eigenvalue weighted by molar-refractivity contribution is 5.97. The highest BCUT2D eigenvalue weighted by Gasteiger charge is 2.24. The molecule has 1 fully saturated rings. The molecule has 1 unspecified atom stereocenters. The van der Waals surface area contributed by atoms with Gasteiger partial charge in [-0.1, -0.05) is 30.3 Å². The first-order chi connectivity index (χ1) is 13.1. The Morgan fingerprint density at radius 3 is 2.41 bits per heavy atom. The molecular formula is C21H23NO5. The second kappa shape index (κ2) is 8.58. The standard InChI is InChI=1S/C21H23NO5/c1-26-17-12-11-15(13-18(17)27-16-9-5-6-10-16)20(23)22-19(21(24)25)14-7-3-2-4-8-14/h2-4,7-8,11-13,16,19H,5-6,9-10H2,1H3,(H,22,23)(H,24,25). The van der Waals surface area contributed by atoms with E-state index in [0.717, 1.165) is 25.7 Å². The molecule has 2 aromatic rings. The predicted molar refractivity (Wildman–Crippen MR) is 100 cm³/mol. The summed E-state index contributed by atoms with van der Waals surface area (Å²) >= 11 is 0. The minimum atomic E-state index is -1.12. The number of hydrogen-bond donors (Lipinski definition) is 2. The van der Waals surface area contributed by atoms with Crippen LogP contribution in [0.3, 0.4) is 0 Å². The smallest absolute Gasteiger partial charge is 0.330 e. The van der Waals surface area contributed by atoms with Crippen molar-refractivity contribution in [2.24, 2.45) is 0 Å². The molecule has 2 N–H and O–H groups in total. The Hall–Kier alpha value is -3.02. The minimum absolute atomic E-state index is 0.119. The maximum absolute atomic E-state index is 12.7. The van der Waals surface area contributed by atoms with Crippen LogP contribution in [0.25, 0.3) is 0 Å². The zero-order valence-corrected chi connectivity index (χ0v) is 15.2. The highest BCUT2D eigenvalue weighted by atomic mass is 16.5. The molecule has 142 valence electrons. The summed E-state index contributed by atoms with van der Waals surface area (Å²) in [4.78, 5) is 24.3. The van der Waals surface area contributed by atoms with Crippen LogP contribution in [0.15, 0.2) is 48.5 Å². The van der Waals surface area contributed by atoms with Crippen molar-refractivity contribution in [1.82, 2.24) is 5.32 Å². The fraction of sp³-hybridized carbons (Fsp3) is 0.333. The molecule has 1 atom stereocenters. The number of carboxylic acid groups (broad SMARTS) is 1. The summed E-state index contributed by atoms with van der Waals surface area (Å²) < 4.78 is 11.3. The molecule has 6 nitrogen and oxygen atoms in total. The first kappa shape index (κ1) is 18.8. The maximum Gasteiger partial charge on any atom is 0.330 e. The van der Waals surface area contributed by atoms with Gasteiger partial charge in [-0.3, -0.25) is 4.79 Å². The normalized spacial score (nSPS) is 15.1. The highest BCUT2D eigenvalue weighted by Crippen LogP contribution is 2.32. The van der Waals surface area contributed by atoms with Crippen LogP contribution in [-0.4, -0.2) is 30.2 Å². The number of amides is 1. The fourth-order valence-electron chi connectivity index (χ4n) is 3.24. The van der Waals surface area contributed by atoms with E-state index in [1.165, 1.54) is 0 Å². The molecule has 0 heterocycles. The van der Waals surface area contributed by atoms with Crippen LogP contribution in [0.2, 0.25) is 0 Å². The zero-order valence-electron chi connectivity index (χ0n) is 15.2. The lowest BCUT2D eigenvalue weighted by Crippen LogP contribution is -2.33. The van der Waals surface area contributed by atoms with E-state index in [0.29, 0.717) is 22.6 Å². The number of hydrogen-bond acceptors (Lipinski definition) is 4. The average Bonchev–Trinajstić information content (AvgIpc) is 3.19. The topological polar surface area (TPSA) is 84.9 Å². The lowest BCUT2D eigenvalue weighted by atomic mass is 10.1. The van der Waals surface area contributed by atoms with Crippen molar-refractivity contribution >= 4 is 11.9 Å². The first-order valence-corrected chi connectivity index (χ1v) is 9.02. The molecule has 0 spiro atoms. The number of carbonyl (C=O) groups excluding carboxylic acids is 1. The van der Waals surface area contributed by atoms with Crippen LogP contribution in [0, 0.1) is 0 Å². The van der Waals surface area contributed by atoms with E-state index in [2.05, 4.69) is 5.32 Å². The van der Waals surface area contributed by atoms with Crippen LogP contribution < -0.4 is 14.8 Å². The summed E-state index contributed by atoms with van der Waals surface area (Å²) in [6.07, 6.45) is 4.34. The number of methoxy groups -OCH3 is 1. The molecule has 1 aliphatic carbocycles. The molecule has 0 saturated heterocycles. The summed E-state index contributed by atoms with van der Waals surface area (Å²) in [7, 11) is 1.55. The van der Waals surface area contributed by atoms with E-state index in [4.69, 9.17) is 9.47 Å². The van der Waals surface area contributed by atoms with Gasteiger partial charge in [0.15, 0.2) is 17.5 Å². The van der Waals surface area contributed by atoms with Crippen molar-refractivity contribution in [2.75, 3.05) is 7.11 Å². The van der Waals surface area contributed by atoms with Gasteiger partial charge in [0, 0.05) is 5.56 Å². The third kappa shape index (κ3) is 4.58. The largest absolute Gasteiger partial charge is 0.493 e. The van der Waals surface area contributed by atoms with Gasteiger partial charge >= 0.3 is 5.97 Å². The van der Waals surface area contributed by atoms with Crippen LogP contribution in [0.1, 0.15) is 47.6 Å². The van der Waals surface area contributed by atoms with Gasteiger partial charge in [0.25, 0.3) is 5.91 Å². The maximum atomic E-state index is 12.7. The first-order valence-electron chi connectivity index (χ1n) is 9.02. The van der Waals surface area contributed by atoms with Gasteiger partial charge in [0.1, 0.15) is 0 Å². The van der Waals surface area contributed by atoms with Crippen LogP contribution in [0.5, 0.6) is 11.5 Å². The van der Waals surface area contributed by atoms with E-state index >= 15 is 0 Å². The van der Waals surface area contributed by atoms with Gasteiger partial charge in [0.2, 0.25) is 0 Å². The molecule has 27 heavy (non-hydrogen) atoms. The van der Waals surface area contributed by atoms with E-state index in [9.17, 15) is 14.7 Å². The number of ether oxygens (including phenoxy) is 2. The Bertz CT molecular complexity index is 799. The fourth-order valence-corrected chi connectivity index (χ4v) is 3.24. The van der Waals surface area contributed by atoms with Crippen molar-refractivity contribution in [1.29, 1.82) is 0 Å². The van der Waals surface area contributed by atoms with Crippen molar-refractivity contribution in [3.63, 3.8) is 0 Å². The SMILES string of the molecule is COc1ccc(C(=O)NC(C(=O)O)c2ccccc2)cc1OC1CCCC1.